The van der Waals surface area contributed by atoms with Crippen molar-refractivity contribution in [2.75, 3.05) is 6.54 Å². The molecule has 1 N–H and O–H groups in total. The summed E-state index contributed by atoms with van der Waals surface area (Å²) < 4.78 is 1.76. The number of nitrogens with zero attached hydrogens (tertiary/aromatic N) is 2. The van der Waals surface area contributed by atoms with Gasteiger partial charge in [0.25, 0.3) is 5.56 Å². The first-order valence-corrected chi connectivity index (χ1v) is 7.34. The van der Waals surface area contributed by atoms with Crippen LogP contribution in [0.25, 0.3) is 0 Å². The number of nitrogens with one attached hydrogen (secondary N) is 1. The third kappa shape index (κ3) is 3.90. The van der Waals surface area contributed by atoms with Crippen molar-refractivity contribution in [1.82, 2.24) is 14.9 Å². The molecule has 1 aromatic heterocycles. The quantitative estimate of drug-likeness (QED) is 0.904. The standard InChI is InChI=1S/C15H25N3O/c1-11-4-6-14(7-5-11)16-8-9-18-13(3)17-12(2)10-15(18)19/h10-11,14,16H,4-9H2,1-3H3. The highest BCUT2D eigenvalue weighted by atomic mass is 16.1. The maximum atomic E-state index is 11.9. The molecule has 1 aliphatic rings. The average Bonchev–Trinajstić information content (AvgIpc) is 2.34. The minimum Gasteiger partial charge on any atom is -0.312 e. The summed E-state index contributed by atoms with van der Waals surface area (Å²) in [5, 5.41) is 3.57. The van der Waals surface area contributed by atoms with E-state index in [1.807, 2.05) is 13.8 Å². The van der Waals surface area contributed by atoms with E-state index in [0.717, 1.165) is 24.0 Å². The lowest BCUT2D eigenvalue weighted by molar-refractivity contribution is 0.304. The van der Waals surface area contributed by atoms with Crippen LogP contribution in [0.4, 0.5) is 0 Å². The molecule has 1 aromatic rings. The van der Waals surface area contributed by atoms with Gasteiger partial charge in [0, 0.05) is 30.9 Å². The van der Waals surface area contributed by atoms with Gasteiger partial charge in [-0.1, -0.05) is 6.92 Å². The number of aryl methyl sites for hydroxylation is 2. The second-order valence-corrected chi connectivity index (χ2v) is 5.85. The van der Waals surface area contributed by atoms with Gasteiger partial charge in [0.15, 0.2) is 0 Å². The molecule has 0 unspecified atom stereocenters. The van der Waals surface area contributed by atoms with Crippen molar-refractivity contribution in [1.29, 1.82) is 0 Å². The van der Waals surface area contributed by atoms with Gasteiger partial charge in [0.1, 0.15) is 5.82 Å². The van der Waals surface area contributed by atoms with Crippen LogP contribution in [0.1, 0.15) is 44.1 Å². The molecule has 0 bridgehead atoms. The summed E-state index contributed by atoms with van der Waals surface area (Å²) in [4.78, 5) is 16.2. The van der Waals surface area contributed by atoms with Gasteiger partial charge in [-0.3, -0.25) is 9.36 Å². The van der Waals surface area contributed by atoms with Crippen LogP contribution in [0.2, 0.25) is 0 Å². The molecule has 2 rings (SSSR count). The number of aromatic nitrogens is 2. The zero-order valence-electron chi connectivity index (χ0n) is 12.3. The normalized spacial score (nSPS) is 23.5. The highest BCUT2D eigenvalue weighted by molar-refractivity contribution is 5.01. The second-order valence-electron chi connectivity index (χ2n) is 5.85. The molecule has 0 amide bonds. The average molecular weight is 263 g/mol. The monoisotopic (exact) mass is 263 g/mol. The molecule has 1 fully saturated rings. The van der Waals surface area contributed by atoms with Gasteiger partial charge in [0.2, 0.25) is 0 Å². The molecule has 0 aromatic carbocycles. The molecule has 1 saturated carbocycles. The Morgan fingerprint density at radius 2 is 2.00 bits per heavy atom. The minimum atomic E-state index is 0.0593. The van der Waals surface area contributed by atoms with Gasteiger partial charge >= 0.3 is 0 Å². The summed E-state index contributed by atoms with van der Waals surface area (Å²) in [7, 11) is 0. The predicted octanol–water partition coefficient (Wildman–Crippen LogP) is 2.03. The molecule has 4 heteroatoms. The topological polar surface area (TPSA) is 46.9 Å². The molecule has 0 aliphatic heterocycles. The molecule has 0 spiro atoms. The van der Waals surface area contributed by atoms with Crippen LogP contribution in [-0.4, -0.2) is 22.1 Å². The lowest BCUT2D eigenvalue weighted by atomic mass is 9.87. The lowest BCUT2D eigenvalue weighted by Crippen LogP contribution is -2.36. The first kappa shape index (κ1) is 14.3. The molecule has 0 radical (unpaired) electrons. The van der Waals surface area contributed by atoms with Gasteiger partial charge in [-0.05, 0) is 45.4 Å². The first-order valence-electron chi connectivity index (χ1n) is 7.34. The van der Waals surface area contributed by atoms with Crippen LogP contribution in [0, 0.1) is 19.8 Å². The van der Waals surface area contributed by atoms with Crippen molar-refractivity contribution >= 4 is 0 Å². The molecule has 19 heavy (non-hydrogen) atoms. The van der Waals surface area contributed by atoms with Gasteiger partial charge < -0.3 is 5.32 Å². The Balaban J connectivity index is 1.85. The van der Waals surface area contributed by atoms with Crippen LogP contribution in [0.3, 0.4) is 0 Å². The van der Waals surface area contributed by atoms with E-state index >= 15 is 0 Å². The van der Waals surface area contributed by atoms with Crippen molar-refractivity contribution < 1.29 is 0 Å². The van der Waals surface area contributed by atoms with E-state index in [1.165, 1.54) is 25.7 Å². The van der Waals surface area contributed by atoms with Gasteiger partial charge in [-0.15, -0.1) is 0 Å². The van der Waals surface area contributed by atoms with Crippen LogP contribution in [0.15, 0.2) is 10.9 Å². The van der Waals surface area contributed by atoms with E-state index < -0.39 is 0 Å². The Hall–Kier alpha value is -1.16. The summed E-state index contributed by atoms with van der Waals surface area (Å²) in [6.45, 7) is 7.66. The molecule has 1 aliphatic carbocycles. The molecule has 4 nitrogen and oxygen atoms in total. The lowest BCUT2D eigenvalue weighted by Gasteiger charge is -2.27. The summed E-state index contributed by atoms with van der Waals surface area (Å²) in [6.07, 6.45) is 5.17. The van der Waals surface area contributed by atoms with E-state index in [1.54, 1.807) is 10.6 Å². The van der Waals surface area contributed by atoms with Crippen molar-refractivity contribution in [3.05, 3.63) is 27.9 Å². The number of hydrogen-bond acceptors (Lipinski definition) is 3. The number of rotatable bonds is 4. The van der Waals surface area contributed by atoms with E-state index in [-0.39, 0.29) is 5.56 Å². The Bertz CT molecular complexity index is 473. The molecule has 106 valence electrons. The van der Waals surface area contributed by atoms with Crippen LogP contribution >= 0.6 is 0 Å². The first-order chi connectivity index (χ1) is 9.06. The highest BCUT2D eigenvalue weighted by Crippen LogP contribution is 2.23. The minimum absolute atomic E-state index is 0.0593. The molecular weight excluding hydrogens is 238 g/mol. The maximum absolute atomic E-state index is 11.9. The SMILES string of the molecule is Cc1cc(=O)n(CCNC2CCC(C)CC2)c(C)n1. The Kier molecular flexibility index (Phi) is 4.75. The summed E-state index contributed by atoms with van der Waals surface area (Å²) in [6, 6.07) is 2.24. The van der Waals surface area contributed by atoms with Crippen molar-refractivity contribution in [3.8, 4) is 0 Å². The molecule has 0 atom stereocenters. The fraction of sp³-hybridized carbons (Fsp3) is 0.733. The van der Waals surface area contributed by atoms with E-state index in [4.69, 9.17) is 0 Å². The van der Waals surface area contributed by atoms with E-state index in [0.29, 0.717) is 12.6 Å². The van der Waals surface area contributed by atoms with Gasteiger partial charge in [-0.2, -0.15) is 0 Å². The van der Waals surface area contributed by atoms with Gasteiger partial charge in [-0.25, -0.2) is 4.98 Å². The Morgan fingerprint density at radius 1 is 1.32 bits per heavy atom. The largest absolute Gasteiger partial charge is 0.312 e. The van der Waals surface area contributed by atoms with Gasteiger partial charge in [0.05, 0.1) is 0 Å². The number of hydrogen-bond donors (Lipinski definition) is 1. The Labute approximate surface area is 115 Å². The molecule has 1 heterocycles. The maximum Gasteiger partial charge on any atom is 0.253 e. The van der Waals surface area contributed by atoms with Crippen LogP contribution in [0.5, 0.6) is 0 Å². The molecular formula is C15H25N3O. The van der Waals surface area contributed by atoms with Crippen molar-refractivity contribution in [3.63, 3.8) is 0 Å². The summed E-state index contributed by atoms with van der Waals surface area (Å²) >= 11 is 0. The van der Waals surface area contributed by atoms with Crippen LogP contribution < -0.4 is 10.9 Å². The van der Waals surface area contributed by atoms with Crippen molar-refractivity contribution in [2.24, 2.45) is 5.92 Å². The third-order valence-corrected chi connectivity index (χ3v) is 4.11. The smallest absolute Gasteiger partial charge is 0.253 e. The fourth-order valence-electron chi connectivity index (χ4n) is 2.88. The van der Waals surface area contributed by atoms with E-state index in [2.05, 4.69) is 17.2 Å². The molecule has 0 saturated heterocycles. The summed E-state index contributed by atoms with van der Waals surface area (Å²) in [5.41, 5.74) is 0.858. The predicted molar refractivity (Wildman–Crippen MR) is 77.4 cm³/mol. The summed E-state index contributed by atoms with van der Waals surface area (Å²) in [5.74, 6) is 1.69. The third-order valence-electron chi connectivity index (χ3n) is 4.11. The zero-order valence-corrected chi connectivity index (χ0v) is 12.3. The van der Waals surface area contributed by atoms with Crippen LogP contribution in [-0.2, 0) is 6.54 Å². The second kappa shape index (κ2) is 6.33. The highest BCUT2D eigenvalue weighted by Gasteiger charge is 2.17. The zero-order chi connectivity index (χ0) is 13.8. The Morgan fingerprint density at radius 3 is 2.63 bits per heavy atom. The van der Waals surface area contributed by atoms with Crippen molar-refractivity contribution in [2.45, 2.75) is 59.0 Å². The van der Waals surface area contributed by atoms with E-state index in [9.17, 15) is 4.79 Å². The fourth-order valence-corrected chi connectivity index (χ4v) is 2.88.